The molecule has 0 radical (unpaired) electrons. The van der Waals surface area contributed by atoms with Crippen LogP contribution in [0, 0.1) is 50.5 Å². The predicted octanol–water partition coefficient (Wildman–Crippen LogP) is 4.81. The van der Waals surface area contributed by atoms with Crippen LogP contribution in [0.5, 0.6) is 0 Å². The molecule has 0 aromatic rings. The second-order valence-corrected chi connectivity index (χ2v) is 10.2. The fourth-order valence-electron chi connectivity index (χ4n) is 8.10. The van der Waals surface area contributed by atoms with Crippen LogP contribution in [0.2, 0.25) is 0 Å². The summed E-state index contributed by atoms with van der Waals surface area (Å²) in [5.41, 5.74) is 0.511. The molecule has 146 valence electrons. The predicted molar refractivity (Wildman–Crippen MR) is 97.8 cm³/mol. The molecular weight excluding hydrogens is 330 g/mol. The van der Waals surface area contributed by atoms with Gasteiger partial charge in [0.25, 0.3) is 5.09 Å². The molecule has 4 aliphatic carbocycles. The molecule has 0 spiro atoms. The second-order valence-electron chi connectivity index (χ2n) is 10.2. The summed E-state index contributed by atoms with van der Waals surface area (Å²) in [5.74, 6) is 3.38. The van der Waals surface area contributed by atoms with Gasteiger partial charge in [-0.15, -0.1) is 10.1 Å². The van der Waals surface area contributed by atoms with Crippen molar-refractivity contribution in [2.75, 3.05) is 0 Å². The molecule has 4 fully saturated rings. The lowest BCUT2D eigenvalue weighted by atomic mass is 9.44. The molecule has 0 bridgehead atoms. The maximum atomic E-state index is 12.2. The molecule has 0 saturated heterocycles. The third-order valence-corrected chi connectivity index (χ3v) is 9.34. The Kier molecular flexibility index (Phi) is 4.35. The lowest BCUT2D eigenvalue weighted by Crippen LogP contribution is -2.54. The van der Waals surface area contributed by atoms with Gasteiger partial charge in [0.05, 0.1) is 0 Å². The first kappa shape index (κ1) is 18.2. The quantitative estimate of drug-likeness (QED) is 0.533. The highest BCUT2D eigenvalue weighted by molar-refractivity contribution is 5.79. The molecule has 0 heterocycles. The molecule has 4 aliphatic rings. The molecule has 5 nitrogen and oxygen atoms in total. The van der Waals surface area contributed by atoms with E-state index in [2.05, 4.69) is 13.8 Å². The van der Waals surface area contributed by atoms with Gasteiger partial charge in [-0.3, -0.25) is 4.79 Å². The van der Waals surface area contributed by atoms with Gasteiger partial charge in [-0.25, -0.2) is 0 Å². The Bertz CT molecular complexity index is 607. The maximum absolute atomic E-state index is 12.2. The van der Waals surface area contributed by atoms with Crippen molar-refractivity contribution in [3.63, 3.8) is 0 Å². The normalized spacial score (nSPS) is 50.3. The van der Waals surface area contributed by atoms with E-state index >= 15 is 0 Å². The molecule has 4 saturated carbocycles. The summed E-state index contributed by atoms with van der Waals surface area (Å²) in [5, 5.41) is 10.1. The summed E-state index contributed by atoms with van der Waals surface area (Å²) in [6.07, 6.45) is 9.63. The summed E-state index contributed by atoms with van der Waals surface area (Å²) >= 11 is 0. The Morgan fingerprint density at radius 3 is 2.38 bits per heavy atom. The Labute approximate surface area is 156 Å². The topological polar surface area (TPSA) is 69.4 Å². The molecule has 5 heteroatoms. The van der Waals surface area contributed by atoms with Crippen molar-refractivity contribution in [3.8, 4) is 0 Å². The average molecular weight is 363 g/mol. The van der Waals surface area contributed by atoms with Crippen molar-refractivity contribution >= 4 is 5.78 Å². The molecule has 4 rings (SSSR count). The van der Waals surface area contributed by atoms with Crippen molar-refractivity contribution in [3.05, 3.63) is 10.1 Å². The molecule has 8 atom stereocenters. The number of fused-ring (bicyclic) bond motifs is 5. The minimum absolute atomic E-state index is 0.206. The highest BCUT2D eigenvalue weighted by Crippen LogP contribution is 2.67. The highest BCUT2D eigenvalue weighted by atomic mass is 17.0. The standard InChI is InChI=1S/C21H33NO4/c1-13(23)17-6-7-18-16-5-4-14-12-15(26-22(24)25)8-10-20(14,2)19(16)9-11-21(17,18)3/h14-19H,4-12H2,1-3H3/t14?,15?,16-,17+,18-,19-,20-,21+/m0/s1. The Hall–Kier alpha value is -1.13. The molecule has 0 aliphatic heterocycles. The van der Waals surface area contributed by atoms with Gasteiger partial charge in [0, 0.05) is 5.92 Å². The average Bonchev–Trinajstić information content (AvgIpc) is 2.92. The van der Waals surface area contributed by atoms with Crippen LogP contribution in [0.3, 0.4) is 0 Å². The fraction of sp³-hybridized carbons (Fsp3) is 0.952. The van der Waals surface area contributed by atoms with Crippen LogP contribution in [0.25, 0.3) is 0 Å². The molecule has 0 aromatic heterocycles. The van der Waals surface area contributed by atoms with E-state index in [1.165, 1.54) is 32.1 Å². The van der Waals surface area contributed by atoms with Crippen molar-refractivity contribution in [1.29, 1.82) is 0 Å². The Balaban J connectivity index is 1.54. The first-order valence-electron chi connectivity index (χ1n) is 10.6. The third-order valence-electron chi connectivity index (χ3n) is 9.34. The van der Waals surface area contributed by atoms with Crippen LogP contribution in [-0.4, -0.2) is 17.0 Å². The van der Waals surface area contributed by atoms with Gasteiger partial charge in [-0.2, -0.15) is 0 Å². The van der Waals surface area contributed by atoms with E-state index in [4.69, 9.17) is 4.84 Å². The minimum atomic E-state index is -0.606. The highest BCUT2D eigenvalue weighted by Gasteiger charge is 2.60. The van der Waals surface area contributed by atoms with Gasteiger partial charge in [-0.1, -0.05) is 13.8 Å². The van der Waals surface area contributed by atoms with Crippen molar-refractivity contribution in [2.24, 2.45) is 40.4 Å². The van der Waals surface area contributed by atoms with E-state index in [0.717, 1.165) is 37.5 Å². The van der Waals surface area contributed by atoms with Gasteiger partial charge in [0.2, 0.25) is 0 Å². The second kappa shape index (κ2) is 6.20. The molecule has 0 N–H and O–H groups in total. The van der Waals surface area contributed by atoms with Gasteiger partial charge in [-0.05, 0) is 99.2 Å². The lowest BCUT2D eigenvalue weighted by Gasteiger charge is -2.61. The number of rotatable bonds is 3. The smallest absolute Gasteiger partial charge is 0.294 e. The summed E-state index contributed by atoms with van der Waals surface area (Å²) in [4.78, 5) is 27.9. The number of carbonyl (C=O) groups excluding carboxylic acids is 1. The van der Waals surface area contributed by atoms with E-state index < -0.39 is 5.09 Å². The van der Waals surface area contributed by atoms with E-state index in [1.807, 2.05) is 0 Å². The zero-order valence-corrected chi connectivity index (χ0v) is 16.4. The van der Waals surface area contributed by atoms with E-state index in [-0.39, 0.29) is 17.4 Å². The van der Waals surface area contributed by atoms with Crippen LogP contribution in [0.4, 0.5) is 0 Å². The maximum Gasteiger partial charge on any atom is 0.294 e. The van der Waals surface area contributed by atoms with Crippen molar-refractivity contribution in [2.45, 2.75) is 84.7 Å². The molecule has 2 unspecified atom stereocenters. The number of hydrogen-bond acceptors (Lipinski definition) is 4. The number of hydrogen-bond donors (Lipinski definition) is 0. The largest absolute Gasteiger partial charge is 0.311 e. The van der Waals surface area contributed by atoms with Gasteiger partial charge >= 0.3 is 0 Å². The van der Waals surface area contributed by atoms with Crippen LogP contribution in [0.15, 0.2) is 0 Å². The third kappa shape index (κ3) is 2.60. The van der Waals surface area contributed by atoms with Crippen LogP contribution in [0.1, 0.15) is 78.6 Å². The Morgan fingerprint density at radius 1 is 1.00 bits per heavy atom. The summed E-state index contributed by atoms with van der Waals surface area (Å²) < 4.78 is 0. The fourth-order valence-corrected chi connectivity index (χ4v) is 8.10. The monoisotopic (exact) mass is 363 g/mol. The zero-order valence-electron chi connectivity index (χ0n) is 16.4. The zero-order chi connectivity index (χ0) is 18.7. The molecule has 0 aromatic carbocycles. The Morgan fingerprint density at radius 2 is 1.69 bits per heavy atom. The van der Waals surface area contributed by atoms with Gasteiger partial charge < -0.3 is 4.84 Å². The van der Waals surface area contributed by atoms with E-state index in [1.54, 1.807) is 6.92 Å². The molecule has 26 heavy (non-hydrogen) atoms. The summed E-state index contributed by atoms with van der Waals surface area (Å²) in [7, 11) is 0. The number of carbonyl (C=O) groups is 1. The first-order valence-corrected chi connectivity index (χ1v) is 10.6. The molecular formula is C21H33NO4. The van der Waals surface area contributed by atoms with Gasteiger partial charge in [0.15, 0.2) is 0 Å². The number of nitrogens with zero attached hydrogens (tertiary/aromatic N) is 1. The lowest BCUT2D eigenvalue weighted by molar-refractivity contribution is -0.770. The van der Waals surface area contributed by atoms with Crippen molar-refractivity contribution < 1.29 is 14.7 Å². The number of ketones is 1. The van der Waals surface area contributed by atoms with Gasteiger partial charge in [0.1, 0.15) is 11.9 Å². The van der Waals surface area contributed by atoms with Crippen LogP contribution >= 0.6 is 0 Å². The number of Topliss-reactive ketones (excluding diaryl/α,β-unsaturated/α-hetero) is 1. The van der Waals surface area contributed by atoms with Crippen LogP contribution in [-0.2, 0) is 9.63 Å². The van der Waals surface area contributed by atoms with Crippen molar-refractivity contribution in [1.82, 2.24) is 0 Å². The molecule has 0 amide bonds. The SMILES string of the molecule is CC(=O)[C@H]1CC[C@H]2[C@@H]3CCC4CC(O[N+](=O)[O-])CC[C@]4(C)[C@H]3CC[C@]12C. The minimum Gasteiger partial charge on any atom is -0.311 e. The van der Waals surface area contributed by atoms with E-state index in [9.17, 15) is 14.9 Å². The summed E-state index contributed by atoms with van der Waals surface area (Å²) in [6.45, 7) is 6.64. The summed E-state index contributed by atoms with van der Waals surface area (Å²) in [6, 6.07) is 0. The van der Waals surface area contributed by atoms with E-state index in [0.29, 0.717) is 23.0 Å². The first-order chi connectivity index (χ1) is 12.3. The van der Waals surface area contributed by atoms with Crippen LogP contribution < -0.4 is 0 Å².